The van der Waals surface area contributed by atoms with Gasteiger partial charge in [-0.05, 0) is 42.0 Å². The van der Waals surface area contributed by atoms with E-state index in [0.717, 1.165) is 54.3 Å². The summed E-state index contributed by atoms with van der Waals surface area (Å²) in [7, 11) is 1.65. The summed E-state index contributed by atoms with van der Waals surface area (Å²) in [4.78, 5) is 17.1. The molecule has 0 radical (unpaired) electrons. The number of hydrogen-bond donors (Lipinski definition) is 1. The van der Waals surface area contributed by atoms with Crippen LogP contribution in [-0.4, -0.2) is 62.3 Å². The van der Waals surface area contributed by atoms with Crippen LogP contribution in [0.3, 0.4) is 0 Å². The molecule has 0 unspecified atom stereocenters. The molecule has 7 heteroatoms. The Morgan fingerprint density at radius 2 is 1.96 bits per heavy atom. The number of methoxy groups -OCH3 is 1. The van der Waals surface area contributed by atoms with Crippen LogP contribution in [0.4, 0.5) is 10.5 Å². The number of nitrogens with one attached hydrogen (secondary N) is 1. The molecule has 3 rings (SSSR count). The van der Waals surface area contributed by atoms with E-state index >= 15 is 0 Å². The fourth-order valence-corrected chi connectivity index (χ4v) is 3.33. The number of carbonyl (C=O) groups is 1. The zero-order valence-electron chi connectivity index (χ0n) is 16.1. The topological polar surface area (TPSA) is 54.0 Å². The molecule has 1 saturated heterocycles. The van der Waals surface area contributed by atoms with E-state index in [9.17, 15) is 4.79 Å². The zero-order chi connectivity index (χ0) is 19.8. The SMILES string of the molecule is COc1cccc(CN(CCN2CCOCC2)C(=O)Nc2ccc(Br)cc2)c1. The second-order valence-corrected chi connectivity index (χ2v) is 7.58. The van der Waals surface area contributed by atoms with Crippen LogP contribution in [0.25, 0.3) is 0 Å². The lowest BCUT2D eigenvalue weighted by atomic mass is 10.2. The molecule has 6 nitrogen and oxygen atoms in total. The van der Waals surface area contributed by atoms with Gasteiger partial charge in [-0.1, -0.05) is 28.1 Å². The molecule has 2 aromatic rings. The van der Waals surface area contributed by atoms with E-state index in [-0.39, 0.29) is 6.03 Å². The number of halogens is 1. The number of rotatable bonds is 7. The smallest absolute Gasteiger partial charge is 0.322 e. The number of benzene rings is 2. The summed E-state index contributed by atoms with van der Waals surface area (Å²) >= 11 is 3.42. The standard InChI is InChI=1S/C21H26BrN3O3/c1-27-20-4-2-3-17(15-20)16-25(10-9-24-11-13-28-14-12-24)21(26)23-19-7-5-18(22)6-8-19/h2-8,15H,9-14,16H2,1H3,(H,23,26). The number of urea groups is 1. The molecule has 0 aliphatic carbocycles. The maximum absolute atomic E-state index is 13.0. The van der Waals surface area contributed by atoms with Crippen LogP contribution >= 0.6 is 15.9 Å². The van der Waals surface area contributed by atoms with Crippen molar-refractivity contribution in [1.29, 1.82) is 0 Å². The third-order valence-corrected chi connectivity index (χ3v) is 5.21. The first-order chi connectivity index (χ1) is 13.6. The van der Waals surface area contributed by atoms with Crippen molar-refractivity contribution in [2.24, 2.45) is 0 Å². The predicted molar refractivity (Wildman–Crippen MR) is 114 cm³/mol. The molecule has 1 aliphatic heterocycles. The second kappa shape index (κ2) is 10.5. The minimum atomic E-state index is -0.113. The average Bonchev–Trinajstić information content (AvgIpc) is 2.73. The Kier molecular flexibility index (Phi) is 7.71. The molecule has 0 saturated carbocycles. The number of hydrogen-bond acceptors (Lipinski definition) is 4. The highest BCUT2D eigenvalue weighted by molar-refractivity contribution is 9.10. The molecule has 1 heterocycles. The molecular formula is C21H26BrN3O3. The third kappa shape index (κ3) is 6.22. The van der Waals surface area contributed by atoms with Gasteiger partial charge in [0.2, 0.25) is 0 Å². The molecule has 150 valence electrons. The highest BCUT2D eigenvalue weighted by Gasteiger charge is 2.17. The van der Waals surface area contributed by atoms with Gasteiger partial charge >= 0.3 is 6.03 Å². The van der Waals surface area contributed by atoms with Gasteiger partial charge in [0.15, 0.2) is 0 Å². The highest BCUT2D eigenvalue weighted by Crippen LogP contribution is 2.17. The first-order valence-corrected chi connectivity index (χ1v) is 10.2. The van der Waals surface area contributed by atoms with Gasteiger partial charge < -0.3 is 19.7 Å². The van der Waals surface area contributed by atoms with E-state index in [4.69, 9.17) is 9.47 Å². The Morgan fingerprint density at radius 1 is 1.21 bits per heavy atom. The van der Waals surface area contributed by atoms with Gasteiger partial charge in [0, 0.05) is 42.9 Å². The Labute approximate surface area is 174 Å². The monoisotopic (exact) mass is 447 g/mol. The van der Waals surface area contributed by atoms with Crippen LogP contribution in [0.15, 0.2) is 53.0 Å². The summed E-state index contributed by atoms with van der Waals surface area (Å²) in [6.45, 7) is 5.29. The van der Waals surface area contributed by atoms with Crippen molar-refractivity contribution >= 4 is 27.6 Å². The number of ether oxygens (including phenoxy) is 2. The molecular weight excluding hydrogens is 422 g/mol. The number of amides is 2. The molecule has 2 aromatic carbocycles. The highest BCUT2D eigenvalue weighted by atomic mass is 79.9. The van der Waals surface area contributed by atoms with Gasteiger partial charge in [0.05, 0.1) is 20.3 Å². The first kappa shape index (κ1) is 20.6. The van der Waals surface area contributed by atoms with Crippen molar-refractivity contribution in [3.05, 3.63) is 58.6 Å². The lowest BCUT2D eigenvalue weighted by Gasteiger charge is -2.30. The molecule has 1 aliphatic rings. The van der Waals surface area contributed by atoms with Gasteiger partial charge in [0.1, 0.15) is 5.75 Å². The molecule has 0 atom stereocenters. The van der Waals surface area contributed by atoms with Crippen LogP contribution in [0, 0.1) is 0 Å². The molecule has 1 N–H and O–H groups in total. The van der Waals surface area contributed by atoms with Crippen LogP contribution in [0.1, 0.15) is 5.56 Å². The molecule has 0 aromatic heterocycles. The second-order valence-electron chi connectivity index (χ2n) is 6.66. The van der Waals surface area contributed by atoms with E-state index in [1.807, 2.05) is 53.4 Å². The molecule has 2 amide bonds. The molecule has 0 spiro atoms. The van der Waals surface area contributed by atoms with E-state index in [0.29, 0.717) is 13.1 Å². The van der Waals surface area contributed by atoms with Crippen LogP contribution in [0.2, 0.25) is 0 Å². The quantitative estimate of drug-likeness (QED) is 0.700. The maximum atomic E-state index is 13.0. The number of morpholine rings is 1. The van der Waals surface area contributed by atoms with Crippen molar-refractivity contribution in [2.45, 2.75) is 6.54 Å². The van der Waals surface area contributed by atoms with Crippen molar-refractivity contribution in [3.63, 3.8) is 0 Å². The predicted octanol–water partition coefficient (Wildman–Crippen LogP) is 3.82. The van der Waals surface area contributed by atoms with Crippen molar-refractivity contribution < 1.29 is 14.3 Å². The van der Waals surface area contributed by atoms with Gasteiger partial charge in [-0.3, -0.25) is 4.90 Å². The van der Waals surface area contributed by atoms with E-state index < -0.39 is 0 Å². The summed E-state index contributed by atoms with van der Waals surface area (Å²) in [5, 5.41) is 3.00. The van der Waals surface area contributed by atoms with E-state index in [1.165, 1.54) is 0 Å². The minimum Gasteiger partial charge on any atom is -0.497 e. The summed E-state index contributed by atoms with van der Waals surface area (Å²) in [6, 6.07) is 15.3. The van der Waals surface area contributed by atoms with Gasteiger partial charge in [0.25, 0.3) is 0 Å². The first-order valence-electron chi connectivity index (χ1n) is 9.38. The summed E-state index contributed by atoms with van der Waals surface area (Å²) in [6.07, 6.45) is 0. The maximum Gasteiger partial charge on any atom is 0.322 e. The zero-order valence-corrected chi connectivity index (χ0v) is 17.7. The fourth-order valence-electron chi connectivity index (χ4n) is 3.07. The van der Waals surface area contributed by atoms with Crippen molar-refractivity contribution in [3.8, 4) is 5.75 Å². The molecule has 0 bridgehead atoms. The number of carbonyl (C=O) groups excluding carboxylic acids is 1. The van der Waals surface area contributed by atoms with Crippen molar-refractivity contribution in [2.75, 3.05) is 51.8 Å². The normalized spacial score (nSPS) is 14.5. The van der Waals surface area contributed by atoms with E-state index in [2.05, 4.69) is 26.1 Å². The lowest BCUT2D eigenvalue weighted by Crippen LogP contribution is -2.44. The Bertz CT molecular complexity index is 764. The average molecular weight is 448 g/mol. The van der Waals surface area contributed by atoms with E-state index in [1.54, 1.807) is 7.11 Å². The molecule has 1 fully saturated rings. The van der Waals surface area contributed by atoms with Crippen LogP contribution in [-0.2, 0) is 11.3 Å². The summed E-state index contributed by atoms with van der Waals surface area (Å²) in [5.41, 5.74) is 1.81. The van der Waals surface area contributed by atoms with Crippen LogP contribution in [0.5, 0.6) is 5.75 Å². The van der Waals surface area contributed by atoms with Gasteiger partial charge in [-0.2, -0.15) is 0 Å². The Hall–Kier alpha value is -2.09. The number of nitrogens with zero attached hydrogens (tertiary/aromatic N) is 2. The summed E-state index contributed by atoms with van der Waals surface area (Å²) < 4.78 is 11.7. The minimum absolute atomic E-state index is 0.113. The van der Waals surface area contributed by atoms with Gasteiger partial charge in [-0.25, -0.2) is 4.79 Å². The fraction of sp³-hybridized carbons (Fsp3) is 0.381. The summed E-state index contributed by atoms with van der Waals surface area (Å²) in [5.74, 6) is 0.791. The Balaban J connectivity index is 1.68. The third-order valence-electron chi connectivity index (χ3n) is 4.68. The Morgan fingerprint density at radius 3 is 2.68 bits per heavy atom. The largest absolute Gasteiger partial charge is 0.497 e. The number of anilines is 1. The molecule has 28 heavy (non-hydrogen) atoms. The van der Waals surface area contributed by atoms with Gasteiger partial charge in [-0.15, -0.1) is 0 Å². The van der Waals surface area contributed by atoms with Crippen molar-refractivity contribution in [1.82, 2.24) is 9.80 Å². The van der Waals surface area contributed by atoms with Crippen LogP contribution < -0.4 is 10.1 Å². The lowest BCUT2D eigenvalue weighted by molar-refractivity contribution is 0.0349.